The zero-order valence-corrected chi connectivity index (χ0v) is 16.7. The van der Waals surface area contributed by atoms with Gasteiger partial charge in [0.15, 0.2) is 16.3 Å². The largest absolute Gasteiger partial charge is 0.505 e. The van der Waals surface area contributed by atoms with E-state index in [1.54, 1.807) is 10.6 Å². The number of nitrogens with one attached hydrogen (secondary N) is 2. The van der Waals surface area contributed by atoms with Crippen molar-refractivity contribution in [3.8, 4) is 17.1 Å². The number of ether oxygens (including phenoxy) is 1. The van der Waals surface area contributed by atoms with Crippen molar-refractivity contribution in [2.45, 2.75) is 19.9 Å². The van der Waals surface area contributed by atoms with Crippen molar-refractivity contribution in [3.05, 3.63) is 58.4 Å². The standard InChI is InChI=1S/C20H20N4O4S/c1-12-6-8-13(9-7-12)18-22-23-20(29)24(18)11-10-16(25)21-15-5-3-4-14(17(15)26)19(27)28-2/h3-9,26H,10-11H2,1-2H3,(H,21,25)(H,23,29). The molecule has 3 rings (SSSR count). The molecule has 0 fully saturated rings. The van der Waals surface area contributed by atoms with Crippen LogP contribution >= 0.6 is 12.2 Å². The SMILES string of the molecule is COC(=O)c1cccc(NC(=O)CCn2c(-c3ccc(C)cc3)n[nH]c2=S)c1O. The summed E-state index contributed by atoms with van der Waals surface area (Å²) < 4.78 is 6.76. The number of benzene rings is 2. The van der Waals surface area contributed by atoms with E-state index in [9.17, 15) is 14.7 Å². The number of para-hydroxylation sites is 1. The van der Waals surface area contributed by atoms with E-state index in [0.717, 1.165) is 11.1 Å². The van der Waals surface area contributed by atoms with Crippen LogP contribution in [0.3, 0.4) is 0 Å². The van der Waals surface area contributed by atoms with Crippen LogP contribution in [-0.4, -0.2) is 38.9 Å². The van der Waals surface area contributed by atoms with Gasteiger partial charge in [-0.05, 0) is 31.3 Å². The molecular weight excluding hydrogens is 392 g/mol. The number of hydrogen-bond acceptors (Lipinski definition) is 6. The second-order valence-corrected chi connectivity index (χ2v) is 6.75. The van der Waals surface area contributed by atoms with E-state index < -0.39 is 5.97 Å². The van der Waals surface area contributed by atoms with Crippen LogP contribution in [0.5, 0.6) is 5.75 Å². The summed E-state index contributed by atoms with van der Waals surface area (Å²) in [6.07, 6.45) is 0.0919. The van der Waals surface area contributed by atoms with Crippen molar-refractivity contribution in [3.63, 3.8) is 0 Å². The maximum atomic E-state index is 12.4. The number of aromatic hydroxyl groups is 1. The first kappa shape index (κ1) is 20.3. The number of nitrogens with zero attached hydrogens (tertiary/aromatic N) is 2. The summed E-state index contributed by atoms with van der Waals surface area (Å²) in [5.41, 5.74) is 2.12. The second kappa shape index (κ2) is 8.70. The third-order valence-corrected chi connectivity index (χ3v) is 4.66. The predicted octanol–water partition coefficient (Wildman–Crippen LogP) is 3.44. The van der Waals surface area contributed by atoms with Gasteiger partial charge >= 0.3 is 5.97 Å². The first-order valence-electron chi connectivity index (χ1n) is 8.83. The number of H-pyrrole nitrogens is 1. The zero-order chi connectivity index (χ0) is 21.0. The van der Waals surface area contributed by atoms with Gasteiger partial charge in [0.05, 0.1) is 12.8 Å². The molecule has 29 heavy (non-hydrogen) atoms. The highest BCUT2D eigenvalue weighted by Crippen LogP contribution is 2.28. The average Bonchev–Trinajstić information content (AvgIpc) is 3.08. The van der Waals surface area contributed by atoms with Crippen LogP contribution in [0, 0.1) is 11.7 Å². The molecule has 0 atom stereocenters. The molecule has 0 saturated heterocycles. The normalized spacial score (nSPS) is 10.6. The maximum Gasteiger partial charge on any atom is 0.341 e. The molecule has 1 heterocycles. The van der Waals surface area contributed by atoms with Gasteiger partial charge in [-0.3, -0.25) is 14.5 Å². The Morgan fingerprint density at radius 3 is 2.66 bits per heavy atom. The fourth-order valence-electron chi connectivity index (χ4n) is 2.79. The van der Waals surface area contributed by atoms with E-state index in [2.05, 4.69) is 20.3 Å². The Kier molecular flexibility index (Phi) is 6.08. The lowest BCUT2D eigenvalue weighted by molar-refractivity contribution is -0.116. The van der Waals surface area contributed by atoms with Gasteiger partial charge in [-0.2, -0.15) is 5.10 Å². The summed E-state index contributed by atoms with van der Waals surface area (Å²) in [6, 6.07) is 12.3. The van der Waals surface area contributed by atoms with Crippen molar-refractivity contribution in [1.82, 2.24) is 14.8 Å². The van der Waals surface area contributed by atoms with E-state index >= 15 is 0 Å². The topological polar surface area (TPSA) is 109 Å². The molecule has 150 valence electrons. The van der Waals surface area contributed by atoms with E-state index in [0.29, 0.717) is 17.1 Å². The highest BCUT2D eigenvalue weighted by Gasteiger charge is 2.16. The van der Waals surface area contributed by atoms with Crippen LogP contribution in [-0.2, 0) is 16.1 Å². The third-order valence-electron chi connectivity index (χ3n) is 4.35. The highest BCUT2D eigenvalue weighted by molar-refractivity contribution is 7.71. The molecule has 3 N–H and O–H groups in total. The number of carbonyl (C=O) groups excluding carboxylic acids is 2. The highest BCUT2D eigenvalue weighted by atomic mass is 32.1. The lowest BCUT2D eigenvalue weighted by atomic mass is 10.1. The van der Waals surface area contributed by atoms with Crippen molar-refractivity contribution in [1.29, 1.82) is 0 Å². The quantitative estimate of drug-likeness (QED) is 0.325. The zero-order valence-electron chi connectivity index (χ0n) is 15.9. The molecule has 0 aliphatic rings. The lowest BCUT2D eigenvalue weighted by Gasteiger charge is -2.11. The first-order valence-corrected chi connectivity index (χ1v) is 9.24. The van der Waals surface area contributed by atoms with Crippen LogP contribution in [0.15, 0.2) is 42.5 Å². The number of aromatic nitrogens is 3. The molecule has 8 nitrogen and oxygen atoms in total. The number of phenolic OH excluding ortho intramolecular Hbond substituents is 1. The molecule has 0 bridgehead atoms. The Bertz CT molecular complexity index is 1100. The molecule has 1 amide bonds. The molecule has 0 aliphatic carbocycles. The second-order valence-electron chi connectivity index (χ2n) is 6.36. The molecule has 2 aromatic carbocycles. The van der Waals surface area contributed by atoms with Gasteiger partial charge in [0.2, 0.25) is 5.91 Å². The van der Waals surface area contributed by atoms with Crippen molar-refractivity contribution < 1.29 is 19.4 Å². The molecule has 3 aromatic rings. The summed E-state index contributed by atoms with van der Waals surface area (Å²) in [4.78, 5) is 24.1. The van der Waals surface area contributed by atoms with Crippen LogP contribution in [0.1, 0.15) is 22.3 Å². The molecule has 0 unspecified atom stereocenters. The fraction of sp³-hybridized carbons (Fsp3) is 0.200. The predicted molar refractivity (Wildman–Crippen MR) is 110 cm³/mol. The number of phenols is 1. The van der Waals surface area contributed by atoms with Crippen molar-refractivity contribution in [2.75, 3.05) is 12.4 Å². The number of amides is 1. The monoisotopic (exact) mass is 412 g/mol. The number of aryl methyl sites for hydroxylation is 1. The summed E-state index contributed by atoms with van der Waals surface area (Å²) in [6.45, 7) is 2.29. The van der Waals surface area contributed by atoms with Crippen LogP contribution in [0.4, 0.5) is 5.69 Å². The van der Waals surface area contributed by atoms with Gasteiger partial charge in [0, 0.05) is 18.5 Å². The van der Waals surface area contributed by atoms with Gasteiger partial charge < -0.3 is 15.2 Å². The molecular formula is C20H20N4O4S. The molecule has 0 radical (unpaired) electrons. The summed E-state index contributed by atoms with van der Waals surface area (Å²) >= 11 is 5.28. The van der Waals surface area contributed by atoms with Crippen molar-refractivity contribution >= 4 is 29.8 Å². The molecule has 0 aliphatic heterocycles. The molecule has 0 spiro atoms. The van der Waals surface area contributed by atoms with Gasteiger partial charge in [-0.1, -0.05) is 35.9 Å². The first-order chi connectivity index (χ1) is 13.9. The van der Waals surface area contributed by atoms with Gasteiger partial charge in [-0.25, -0.2) is 4.79 Å². The number of hydrogen-bond donors (Lipinski definition) is 3. The van der Waals surface area contributed by atoms with Gasteiger partial charge in [0.25, 0.3) is 0 Å². The maximum absolute atomic E-state index is 12.4. The molecule has 1 aromatic heterocycles. The Balaban J connectivity index is 1.73. The van der Waals surface area contributed by atoms with Crippen LogP contribution in [0.2, 0.25) is 0 Å². The number of methoxy groups -OCH3 is 1. The molecule has 0 saturated carbocycles. The number of carbonyl (C=O) groups is 2. The minimum atomic E-state index is -0.689. The number of aromatic amines is 1. The summed E-state index contributed by atoms with van der Waals surface area (Å²) in [5, 5.41) is 19.8. The number of anilines is 1. The summed E-state index contributed by atoms with van der Waals surface area (Å²) in [7, 11) is 1.22. The lowest BCUT2D eigenvalue weighted by Crippen LogP contribution is -2.15. The van der Waals surface area contributed by atoms with E-state index in [1.165, 1.54) is 19.2 Å². The minimum absolute atomic E-state index is 0.0241. The van der Waals surface area contributed by atoms with Gasteiger partial charge in [0.1, 0.15) is 5.56 Å². The average molecular weight is 412 g/mol. The van der Waals surface area contributed by atoms with Crippen LogP contribution < -0.4 is 5.32 Å². The van der Waals surface area contributed by atoms with E-state index in [-0.39, 0.29) is 29.3 Å². The van der Waals surface area contributed by atoms with Crippen LogP contribution in [0.25, 0.3) is 11.4 Å². The summed E-state index contributed by atoms with van der Waals surface area (Å²) in [5.74, 6) is -0.738. The molecule has 9 heteroatoms. The van der Waals surface area contributed by atoms with E-state index in [4.69, 9.17) is 12.2 Å². The van der Waals surface area contributed by atoms with Crippen molar-refractivity contribution in [2.24, 2.45) is 0 Å². The van der Waals surface area contributed by atoms with Gasteiger partial charge in [-0.15, -0.1) is 0 Å². The Labute approximate surface area is 172 Å². The number of rotatable bonds is 6. The smallest absolute Gasteiger partial charge is 0.341 e. The Hall–Kier alpha value is -3.46. The Morgan fingerprint density at radius 2 is 1.97 bits per heavy atom. The Morgan fingerprint density at radius 1 is 1.24 bits per heavy atom. The minimum Gasteiger partial charge on any atom is -0.505 e. The van der Waals surface area contributed by atoms with E-state index in [1.807, 2.05) is 31.2 Å². The number of esters is 1. The third kappa shape index (κ3) is 4.52. The fourth-order valence-corrected chi connectivity index (χ4v) is 3.02.